The Morgan fingerprint density at radius 2 is 1.97 bits per heavy atom. The number of nitro groups is 1. The molecular weight excluding hydrogens is 372 g/mol. The molecule has 1 saturated heterocycles. The molecule has 8 nitrogen and oxygen atoms in total. The molecule has 0 unspecified atom stereocenters. The minimum atomic E-state index is -0.578. The van der Waals surface area contributed by atoms with Gasteiger partial charge in [-0.3, -0.25) is 9.88 Å². The summed E-state index contributed by atoms with van der Waals surface area (Å²) in [6.45, 7) is 0.177. The number of nitrogens with zero attached hydrogens (tertiary/aromatic N) is 4. The van der Waals surface area contributed by atoms with E-state index < -0.39 is 11.0 Å². The van der Waals surface area contributed by atoms with Crippen LogP contribution in [-0.2, 0) is 4.74 Å². The summed E-state index contributed by atoms with van der Waals surface area (Å²) in [7, 11) is 0. The van der Waals surface area contributed by atoms with Gasteiger partial charge in [0.15, 0.2) is 5.69 Å². The fraction of sp³-hybridized carbons (Fsp3) is 0.0952. The molecule has 0 N–H and O–H groups in total. The van der Waals surface area contributed by atoms with Crippen LogP contribution >= 0.6 is 0 Å². The third-order valence-electron chi connectivity index (χ3n) is 4.40. The summed E-state index contributed by atoms with van der Waals surface area (Å²) in [6, 6.07) is 17.0. The molecule has 29 heavy (non-hydrogen) atoms. The summed E-state index contributed by atoms with van der Waals surface area (Å²) in [6.07, 6.45) is 5.72. The average Bonchev–Trinajstić information content (AvgIpc) is 3.14. The second-order valence-electron chi connectivity index (χ2n) is 6.23. The molecule has 1 radical (unpaired) electrons. The van der Waals surface area contributed by atoms with E-state index in [2.05, 4.69) is 16.0 Å². The molecule has 3 aromatic rings. The van der Waals surface area contributed by atoms with Crippen LogP contribution in [0, 0.1) is 16.2 Å². The number of hydrogen-bond acceptors (Lipinski definition) is 6. The second kappa shape index (κ2) is 7.89. The maximum atomic E-state index is 12.6. The van der Waals surface area contributed by atoms with Crippen LogP contribution in [0.1, 0.15) is 22.9 Å². The number of carbonyl (C=O) groups excluding carboxylic acids is 1. The largest absolute Gasteiger partial charge is 0.447 e. The molecule has 8 heteroatoms. The maximum absolute atomic E-state index is 12.6. The maximum Gasteiger partial charge on any atom is 0.415 e. The van der Waals surface area contributed by atoms with E-state index in [0.29, 0.717) is 11.3 Å². The fourth-order valence-electron chi connectivity index (χ4n) is 3.08. The zero-order valence-electron chi connectivity index (χ0n) is 15.1. The number of amides is 1. The first kappa shape index (κ1) is 18.3. The summed E-state index contributed by atoms with van der Waals surface area (Å²) in [5, 5.41) is 11.1. The number of aromatic nitrogens is 2. The molecule has 3 heterocycles. The van der Waals surface area contributed by atoms with Crippen molar-refractivity contribution < 1.29 is 14.5 Å². The van der Waals surface area contributed by atoms with Crippen LogP contribution in [0.2, 0.25) is 0 Å². The van der Waals surface area contributed by atoms with Gasteiger partial charge in [0.05, 0.1) is 17.8 Å². The number of pyridine rings is 2. The van der Waals surface area contributed by atoms with E-state index in [1.165, 1.54) is 17.0 Å². The van der Waals surface area contributed by atoms with Gasteiger partial charge in [0, 0.05) is 24.0 Å². The Bertz CT molecular complexity index is 1070. The van der Waals surface area contributed by atoms with Crippen LogP contribution < -0.4 is 0 Å². The van der Waals surface area contributed by atoms with Gasteiger partial charge in [-0.05, 0) is 39.7 Å². The van der Waals surface area contributed by atoms with Crippen molar-refractivity contribution >= 4 is 17.6 Å². The number of rotatable bonds is 5. The van der Waals surface area contributed by atoms with Gasteiger partial charge in [0.25, 0.3) is 0 Å². The van der Waals surface area contributed by atoms with Crippen LogP contribution in [0.5, 0.6) is 0 Å². The molecule has 2 aromatic heterocycles. The van der Waals surface area contributed by atoms with Crippen molar-refractivity contribution in [2.24, 2.45) is 0 Å². The van der Waals surface area contributed by atoms with Gasteiger partial charge in [-0.25, -0.2) is 4.79 Å². The number of cyclic esters (lactones) is 1. The van der Waals surface area contributed by atoms with Gasteiger partial charge >= 0.3 is 11.9 Å². The van der Waals surface area contributed by atoms with Crippen molar-refractivity contribution in [2.75, 3.05) is 6.61 Å². The third kappa shape index (κ3) is 3.81. The van der Waals surface area contributed by atoms with Crippen molar-refractivity contribution in [3.05, 3.63) is 106 Å². The number of carbonyl (C=O) groups is 1. The van der Waals surface area contributed by atoms with E-state index in [0.717, 1.165) is 5.56 Å². The number of benzene rings is 1. The molecule has 0 bridgehead atoms. The first-order chi connectivity index (χ1) is 14.1. The minimum Gasteiger partial charge on any atom is -0.447 e. The normalized spacial score (nSPS) is 16.6. The molecule has 0 aliphatic carbocycles. The van der Waals surface area contributed by atoms with Gasteiger partial charge in [0.1, 0.15) is 6.61 Å². The van der Waals surface area contributed by atoms with Crippen LogP contribution in [0.15, 0.2) is 73.1 Å². The fourth-order valence-corrected chi connectivity index (χ4v) is 3.08. The minimum absolute atomic E-state index is 0.177. The first-order valence-electron chi connectivity index (χ1n) is 8.80. The van der Waals surface area contributed by atoms with Crippen LogP contribution in [0.4, 0.5) is 10.6 Å². The second-order valence-corrected chi connectivity index (χ2v) is 6.23. The lowest BCUT2D eigenvalue weighted by atomic mass is 10.0. The smallest absolute Gasteiger partial charge is 0.415 e. The number of ether oxygens (including phenoxy) is 1. The molecule has 1 aliphatic rings. The van der Waals surface area contributed by atoms with Crippen molar-refractivity contribution in [3.8, 4) is 0 Å². The molecule has 143 valence electrons. The van der Waals surface area contributed by atoms with E-state index >= 15 is 0 Å². The van der Waals surface area contributed by atoms with E-state index in [-0.39, 0.29) is 24.2 Å². The summed E-state index contributed by atoms with van der Waals surface area (Å²) in [5.74, 6) is -0.302. The summed E-state index contributed by atoms with van der Waals surface area (Å²) < 4.78 is 5.31. The third-order valence-corrected chi connectivity index (χ3v) is 4.40. The van der Waals surface area contributed by atoms with Crippen LogP contribution in [-0.4, -0.2) is 32.5 Å². The van der Waals surface area contributed by atoms with E-state index in [1.54, 1.807) is 30.6 Å². The first-order valence-corrected chi connectivity index (χ1v) is 8.80. The molecule has 1 aliphatic heterocycles. The average molecular weight is 387 g/mol. The molecule has 1 atom stereocenters. The Morgan fingerprint density at radius 3 is 2.69 bits per heavy atom. The predicted octanol–water partition coefficient (Wildman–Crippen LogP) is 3.77. The van der Waals surface area contributed by atoms with Crippen LogP contribution in [0.3, 0.4) is 0 Å². The lowest BCUT2D eigenvalue weighted by Gasteiger charge is -2.24. The van der Waals surface area contributed by atoms with Gasteiger partial charge < -0.3 is 14.9 Å². The van der Waals surface area contributed by atoms with Gasteiger partial charge in [0.2, 0.25) is 0 Å². The van der Waals surface area contributed by atoms with Crippen molar-refractivity contribution in [1.29, 1.82) is 0 Å². The Morgan fingerprint density at radius 1 is 1.14 bits per heavy atom. The molecule has 1 fully saturated rings. The lowest BCUT2D eigenvalue weighted by molar-refractivity contribution is -0.389. The number of hydrogen-bond donors (Lipinski definition) is 0. The standard InChI is InChI=1S/C21H15N4O4/c26-21-24(19(14-29-21)15-6-2-1-3-7-15)18(16-8-5-11-22-13-16)12-17-9-4-10-20(23-17)25(27)28/h1-11,13,19H,14H2/t19-/m0/s1. The molecular formula is C21H15N4O4. The Balaban J connectivity index is 1.83. The highest BCUT2D eigenvalue weighted by atomic mass is 16.6. The zero-order valence-corrected chi connectivity index (χ0v) is 15.1. The summed E-state index contributed by atoms with van der Waals surface area (Å²) >= 11 is 0. The van der Waals surface area contributed by atoms with E-state index in [9.17, 15) is 14.9 Å². The molecule has 0 spiro atoms. The molecule has 1 amide bonds. The van der Waals surface area contributed by atoms with Crippen molar-refractivity contribution in [2.45, 2.75) is 6.04 Å². The highest BCUT2D eigenvalue weighted by Gasteiger charge is 2.37. The van der Waals surface area contributed by atoms with E-state index in [1.807, 2.05) is 30.3 Å². The van der Waals surface area contributed by atoms with Crippen LogP contribution in [0.25, 0.3) is 5.70 Å². The quantitative estimate of drug-likeness (QED) is 0.488. The van der Waals surface area contributed by atoms with Crippen molar-refractivity contribution in [3.63, 3.8) is 0 Å². The Labute approximate surface area is 166 Å². The van der Waals surface area contributed by atoms with Crippen molar-refractivity contribution in [1.82, 2.24) is 14.9 Å². The topological polar surface area (TPSA) is 98.5 Å². The molecule has 0 saturated carbocycles. The summed E-state index contributed by atoms with van der Waals surface area (Å²) in [4.78, 5) is 32.7. The Kier molecular flexibility index (Phi) is 4.98. The zero-order chi connectivity index (χ0) is 20.2. The predicted molar refractivity (Wildman–Crippen MR) is 103 cm³/mol. The molecule has 1 aromatic carbocycles. The lowest BCUT2D eigenvalue weighted by Crippen LogP contribution is -2.26. The van der Waals surface area contributed by atoms with Gasteiger partial charge in [-0.2, -0.15) is 0 Å². The van der Waals surface area contributed by atoms with Gasteiger partial charge in [-0.15, -0.1) is 0 Å². The molecule has 4 rings (SSSR count). The SMILES string of the molecule is O=C1OC[C@@H](c2ccccc2)N1C(=[C]c1cccc([N+](=O)[O-])n1)c1cccnc1. The highest BCUT2D eigenvalue weighted by Crippen LogP contribution is 2.35. The monoisotopic (exact) mass is 387 g/mol. The van der Waals surface area contributed by atoms with E-state index in [4.69, 9.17) is 4.74 Å². The Hall–Kier alpha value is -4.07. The highest BCUT2D eigenvalue weighted by molar-refractivity contribution is 5.84. The van der Waals surface area contributed by atoms with Gasteiger partial charge in [-0.1, -0.05) is 30.3 Å². The summed E-state index contributed by atoms with van der Waals surface area (Å²) in [5.41, 5.74) is 2.11.